The summed E-state index contributed by atoms with van der Waals surface area (Å²) in [6, 6.07) is 13.3. The van der Waals surface area contributed by atoms with Gasteiger partial charge in [0, 0.05) is 11.3 Å². The smallest absolute Gasteiger partial charge is 0.242 e. The average Bonchev–Trinajstić information content (AvgIpc) is 2.55. The predicted octanol–water partition coefficient (Wildman–Crippen LogP) is 2.19. The van der Waals surface area contributed by atoms with Crippen molar-refractivity contribution >= 4 is 27.4 Å². The van der Waals surface area contributed by atoms with E-state index in [1.54, 1.807) is 24.3 Å². The molecule has 0 saturated heterocycles. The van der Waals surface area contributed by atoms with Gasteiger partial charge in [0.05, 0.1) is 10.9 Å². The normalized spacial score (nSPS) is 12.4. The summed E-state index contributed by atoms with van der Waals surface area (Å²) in [5.74, 6) is -0.618. The molecule has 126 valence electrons. The van der Waals surface area contributed by atoms with Crippen LogP contribution in [0.3, 0.4) is 0 Å². The summed E-state index contributed by atoms with van der Waals surface area (Å²) in [6.07, 6.45) is 0. The number of anilines is 1. The molecule has 0 fully saturated rings. The average molecular weight is 346 g/mol. The molecule has 0 heterocycles. The number of benzene rings is 2. The lowest BCUT2D eigenvalue weighted by Gasteiger charge is -2.14. The number of para-hydroxylation sites is 1. The molecule has 2 rings (SSSR count). The zero-order valence-electron chi connectivity index (χ0n) is 13.3. The molecule has 2 aromatic carbocycles. The first-order valence-corrected chi connectivity index (χ1v) is 8.77. The van der Waals surface area contributed by atoms with Crippen LogP contribution in [-0.2, 0) is 14.8 Å². The van der Waals surface area contributed by atoms with Crippen LogP contribution in [0, 0.1) is 0 Å². The van der Waals surface area contributed by atoms with Gasteiger partial charge in [0.2, 0.25) is 15.9 Å². The minimum atomic E-state index is -3.86. The first-order chi connectivity index (χ1) is 11.3. The molecule has 1 atom stereocenters. The maximum absolute atomic E-state index is 12.3. The number of carbonyl (C=O) groups is 2. The van der Waals surface area contributed by atoms with E-state index in [-0.39, 0.29) is 10.7 Å². The Kier molecular flexibility index (Phi) is 5.48. The van der Waals surface area contributed by atoms with Gasteiger partial charge in [0.15, 0.2) is 5.78 Å². The van der Waals surface area contributed by atoms with E-state index in [2.05, 4.69) is 10.0 Å². The van der Waals surface area contributed by atoms with Crippen LogP contribution in [0.2, 0.25) is 0 Å². The fourth-order valence-corrected chi connectivity index (χ4v) is 3.20. The van der Waals surface area contributed by atoms with Gasteiger partial charge in [0.25, 0.3) is 0 Å². The van der Waals surface area contributed by atoms with Crippen LogP contribution in [0.5, 0.6) is 0 Å². The highest BCUT2D eigenvalue weighted by Crippen LogP contribution is 2.12. The second-order valence-corrected chi connectivity index (χ2v) is 6.99. The number of hydrogen-bond acceptors (Lipinski definition) is 4. The first-order valence-electron chi connectivity index (χ1n) is 7.29. The molecule has 0 spiro atoms. The topological polar surface area (TPSA) is 92.3 Å². The molecule has 6 nitrogen and oxygen atoms in total. The number of amides is 1. The number of ketones is 1. The molecule has 0 aliphatic rings. The molecule has 2 N–H and O–H groups in total. The summed E-state index contributed by atoms with van der Waals surface area (Å²) in [5, 5.41) is 2.63. The van der Waals surface area contributed by atoms with Gasteiger partial charge in [-0.25, -0.2) is 8.42 Å². The van der Waals surface area contributed by atoms with Gasteiger partial charge in [-0.15, -0.1) is 0 Å². The molecule has 0 radical (unpaired) electrons. The Morgan fingerprint density at radius 1 is 0.958 bits per heavy atom. The van der Waals surface area contributed by atoms with Crippen LogP contribution in [0.25, 0.3) is 0 Å². The Balaban J connectivity index is 2.07. The van der Waals surface area contributed by atoms with Crippen molar-refractivity contribution in [2.45, 2.75) is 24.8 Å². The van der Waals surface area contributed by atoms with Crippen molar-refractivity contribution in [3.8, 4) is 0 Å². The number of hydrogen-bond donors (Lipinski definition) is 2. The van der Waals surface area contributed by atoms with E-state index >= 15 is 0 Å². The van der Waals surface area contributed by atoms with Gasteiger partial charge in [0.1, 0.15) is 0 Å². The molecule has 24 heavy (non-hydrogen) atoms. The Bertz CT molecular complexity index is 831. The molecule has 0 aliphatic heterocycles. The Hall–Kier alpha value is -2.51. The van der Waals surface area contributed by atoms with Crippen molar-refractivity contribution in [3.05, 3.63) is 60.2 Å². The molecular formula is C17H18N2O4S. The van der Waals surface area contributed by atoms with Crippen LogP contribution >= 0.6 is 0 Å². The molecule has 1 unspecified atom stereocenters. The van der Waals surface area contributed by atoms with Crippen molar-refractivity contribution < 1.29 is 18.0 Å². The third kappa shape index (κ3) is 4.50. The summed E-state index contributed by atoms with van der Waals surface area (Å²) < 4.78 is 26.9. The van der Waals surface area contributed by atoms with Crippen molar-refractivity contribution in [1.82, 2.24) is 4.72 Å². The van der Waals surface area contributed by atoms with E-state index in [0.29, 0.717) is 11.3 Å². The standard InChI is InChI=1S/C17H18N2O4S/c1-12(17(21)18-15-6-4-3-5-7-15)19-24(22,23)16-10-8-14(9-11-16)13(2)20/h3-12,19H,1-2H3,(H,18,21). The van der Waals surface area contributed by atoms with Crippen LogP contribution in [-0.4, -0.2) is 26.2 Å². The molecule has 1 amide bonds. The van der Waals surface area contributed by atoms with E-state index in [1.165, 1.54) is 38.1 Å². The van der Waals surface area contributed by atoms with Crippen LogP contribution in [0.1, 0.15) is 24.2 Å². The van der Waals surface area contributed by atoms with Gasteiger partial charge in [-0.05, 0) is 38.1 Å². The molecule has 2 aromatic rings. The summed E-state index contributed by atoms with van der Waals surface area (Å²) >= 11 is 0. The largest absolute Gasteiger partial charge is 0.325 e. The minimum absolute atomic E-state index is 0.00754. The van der Waals surface area contributed by atoms with Gasteiger partial charge < -0.3 is 5.32 Å². The van der Waals surface area contributed by atoms with Gasteiger partial charge >= 0.3 is 0 Å². The lowest BCUT2D eigenvalue weighted by Crippen LogP contribution is -2.41. The van der Waals surface area contributed by atoms with E-state index in [4.69, 9.17) is 0 Å². The lowest BCUT2D eigenvalue weighted by molar-refractivity contribution is -0.117. The van der Waals surface area contributed by atoms with Crippen LogP contribution < -0.4 is 10.0 Å². The number of nitrogens with one attached hydrogen (secondary N) is 2. The van der Waals surface area contributed by atoms with E-state index in [9.17, 15) is 18.0 Å². The van der Waals surface area contributed by atoms with E-state index in [1.807, 2.05) is 6.07 Å². The molecule has 7 heteroatoms. The monoisotopic (exact) mass is 346 g/mol. The highest BCUT2D eigenvalue weighted by molar-refractivity contribution is 7.89. The third-order valence-electron chi connectivity index (χ3n) is 3.34. The van der Waals surface area contributed by atoms with Crippen LogP contribution in [0.4, 0.5) is 5.69 Å². The lowest BCUT2D eigenvalue weighted by atomic mass is 10.2. The number of Topliss-reactive ketones (excluding diaryl/α,β-unsaturated/α-hetero) is 1. The first kappa shape index (κ1) is 17.8. The second kappa shape index (κ2) is 7.37. The molecular weight excluding hydrogens is 328 g/mol. The molecule has 0 aliphatic carbocycles. The molecule has 0 bridgehead atoms. The fraction of sp³-hybridized carbons (Fsp3) is 0.176. The van der Waals surface area contributed by atoms with E-state index < -0.39 is 22.0 Å². The van der Waals surface area contributed by atoms with Gasteiger partial charge in [-0.3, -0.25) is 9.59 Å². The van der Waals surface area contributed by atoms with Gasteiger partial charge in [-0.2, -0.15) is 4.72 Å². The summed E-state index contributed by atoms with van der Waals surface area (Å²) in [7, 11) is -3.86. The predicted molar refractivity (Wildman–Crippen MR) is 91.3 cm³/mol. The SMILES string of the molecule is CC(=O)c1ccc(S(=O)(=O)NC(C)C(=O)Nc2ccccc2)cc1. The summed E-state index contributed by atoms with van der Waals surface area (Å²) in [6.45, 7) is 2.86. The van der Waals surface area contributed by atoms with Crippen molar-refractivity contribution in [2.24, 2.45) is 0 Å². The summed E-state index contributed by atoms with van der Waals surface area (Å²) in [5.41, 5.74) is 1.00. The maximum atomic E-state index is 12.3. The Morgan fingerprint density at radius 3 is 2.08 bits per heavy atom. The zero-order chi connectivity index (χ0) is 17.7. The number of carbonyl (C=O) groups excluding carboxylic acids is 2. The zero-order valence-corrected chi connectivity index (χ0v) is 14.1. The van der Waals surface area contributed by atoms with Crippen LogP contribution in [0.15, 0.2) is 59.5 Å². The Morgan fingerprint density at radius 2 is 1.54 bits per heavy atom. The molecule has 0 saturated carbocycles. The van der Waals surface area contributed by atoms with Crippen molar-refractivity contribution in [1.29, 1.82) is 0 Å². The number of rotatable bonds is 6. The van der Waals surface area contributed by atoms with E-state index in [0.717, 1.165) is 0 Å². The third-order valence-corrected chi connectivity index (χ3v) is 4.89. The fourth-order valence-electron chi connectivity index (χ4n) is 2.00. The summed E-state index contributed by atoms with van der Waals surface area (Å²) in [4.78, 5) is 23.3. The Labute approximate surface area is 140 Å². The van der Waals surface area contributed by atoms with Crippen molar-refractivity contribution in [2.75, 3.05) is 5.32 Å². The number of sulfonamides is 1. The van der Waals surface area contributed by atoms with Crippen molar-refractivity contribution in [3.63, 3.8) is 0 Å². The highest BCUT2D eigenvalue weighted by atomic mass is 32.2. The minimum Gasteiger partial charge on any atom is -0.325 e. The quantitative estimate of drug-likeness (QED) is 0.784. The second-order valence-electron chi connectivity index (χ2n) is 5.28. The maximum Gasteiger partial charge on any atom is 0.242 e. The molecule has 0 aromatic heterocycles. The highest BCUT2D eigenvalue weighted by Gasteiger charge is 2.22. The van der Waals surface area contributed by atoms with Gasteiger partial charge in [-0.1, -0.05) is 30.3 Å².